The maximum absolute atomic E-state index is 13.2. The van der Waals surface area contributed by atoms with Crippen LogP contribution >= 0.6 is 11.8 Å². The summed E-state index contributed by atoms with van der Waals surface area (Å²) < 4.78 is 66.7. The quantitative estimate of drug-likeness (QED) is 0.714. The molecule has 2 aliphatic heterocycles. The SMILES string of the molecule is C[C@H]1CSc2ccc(S(=O)(=O)N3CCN(c4cccc(C(F)(F)F)c4)CC3)cc2NC1=O. The van der Waals surface area contributed by atoms with E-state index in [2.05, 4.69) is 5.32 Å². The van der Waals surface area contributed by atoms with Crippen molar-refractivity contribution in [3.05, 3.63) is 48.0 Å². The lowest BCUT2D eigenvalue weighted by atomic mass is 10.1. The summed E-state index contributed by atoms with van der Waals surface area (Å²) in [5, 5.41) is 2.79. The number of carbonyl (C=O) groups is 1. The maximum atomic E-state index is 13.2. The molecule has 6 nitrogen and oxygen atoms in total. The Kier molecular flexibility index (Phi) is 6.17. The van der Waals surface area contributed by atoms with Gasteiger partial charge in [0, 0.05) is 48.4 Å². The van der Waals surface area contributed by atoms with Crippen molar-refractivity contribution in [2.24, 2.45) is 5.92 Å². The van der Waals surface area contributed by atoms with Crippen LogP contribution < -0.4 is 10.2 Å². The van der Waals surface area contributed by atoms with Gasteiger partial charge in [0.1, 0.15) is 0 Å². The van der Waals surface area contributed by atoms with Crippen LogP contribution in [0.25, 0.3) is 0 Å². The van der Waals surface area contributed by atoms with Crippen molar-refractivity contribution in [1.29, 1.82) is 0 Å². The monoisotopic (exact) mass is 485 g/mol. The molecule has 2 aliphatic rings. The van der Waals surface area contributed by atoms with Gasteiger partial charge in [0.15, 0.2) is 0 Å². The number of sulfonamides is 1. The van der Waals surface area contributed by atoms with E-state index in [0.29, 0.717) is 17.1 Å². The molecular formula is C21H22F3N3O3S2. The van der Waals surface area contributed by atoms with Crippen molar-refractivity contribution in [2.75, 3.05) is 42.1 Å². The number of nitrogens with zero attached hydrogens (tertiary/aromatic N) is 2. The van der Waals surface area contributed by atoms with Gasteiger partial charge >= 0.3 is 6.18 Å². The zero-order chi connectivity index (χ0) is 23.1. The Hall–Kier alpha value is -2.24. The minimum absolute atomic E-state index is 0.0826. The Morgan fingerprint density at radius 3 is 2.47 bits per heavy atom. The second-order valence-corrected chi connectivity index (χ2v) is 10.8. The minimum atomic E-state index is -4.43. The summed E-state index contributed by atoms with van der Waals surface area (Å²) in [7, 11) is -3.81. The third-order valence-electron chi connectivity index (χ3n) is 5.56. The van der Waals surface area contributed by atoms with Crippen molar-refractivity contribution < 1.29 is 26.4 Å². The van der Waals surface area contributed by atoms with E-state index in [-0.39, 0.29) is 42.9 Å². The molecule has 0 spiro atoms. The number of anilines is 2. The van der Waals surface area contributed by atoms with Crippen LogP contribution in [0.4, 0.5) is 24.5 Å². The smallest absolute Gasteiger partial charge is 0.369 e. The molecule has 11 heteroatoms. The van der Waals surface area contributed by atoms with Crippen molar-refractivity contribution in [3.8, 4) is 0 Å². The number of fused-ring (bicyclic) bond motifs is 1. The predicted molar refractivity (Wildman–Crippen MR) is 117 cm³/mol. The molecule has 2 heterocycles. The van der Waals surface area contributed by atoms with Gasteiger partial charge in [-0.25, -0.2) is 8.42 Å². The molecule has 0 radical (unpaired) electrons. The number of nitrogens with one attached hydrogen (secondary N) is 1. The molecule has 1 N–H and O–H groups in total. The summed E-state index contributed by atoms with van der Waals surface area (Å²) in [5.41, 5.74) is 0.160. The molecule has 1 amide bonds. The van der Waals surface area contributed by atoms with E-state index in [0.717, 1.165) is 17.0 Å². The summed E-state index contributed by atoms with van der Waals surface area (Å²) in [6.07, 6.45) is -4.43. The van der Waals surface area contributed by atoms with E-state index in [1.165, 1.54) is 34.3 Å². The number of hydrogen-bond donors (Lipinski definition) is 1. The maximum Gasteiger partial charge on any atom is 0.416 e. The molecule has 0 aliphatic carbocycles. The molecule has 1 saturated heterocycles. The Balaban J connectivity index is 1.49. The van der Waals surface area contributed by atoms with E-state index in [4.69, 9.17) is 0 Å². The number of carbonyl (C=O) groups excluding carboxylic acids is 1. The highest BCUT2D eigenvalue weighted by atomic mass is 32.2. The van der Waals surface area contributed by atoms with Crippen molar-refractivity contribution >= 4 is 39.1 Å². The zero-order valence-electron chi connectivity index (χ0n) is 17.2. The normalized spacial score (nSPS) is 20.4. The Morgan fingerprint density at radius 2 is 1.78 bits per heavy atom. The van der Waals surface area contributed by atoms with Gasteiger partial charge in [-0.3, -0.25) is 4.79 Å². The second-order valence-electron chi connectivity index (χ2n) is 7.80. The van der Waals surface area contributed by atoms with Crippen molar-refractivity contribution in [3.63, 3.8) is 0 Å². The summed E-state index contributed by atoms with van der Waals surface area (Å²) in [4.78, 5) is 14.8. The van der Waals surface area contributed by atoms with Crippen LogP contribution in [0.5, 0.6) is 0 Å². The minimum Gasteiger partial charge on any atom is -0.369 e. The molecule has 1 atom stereocenters. The fourth-order valence-electron chi connectivity index (χ4n) is 3.65. The molecule has 0 aromatic heterocycles. The number of benzene rings is 2. The molecule has 0 saturated carbocycles. The van der Waals surface area contributed by atoms with Gasteiger partial charge in [0.25, 0.3) is 0 Å². The molecule has 172 valence electrons. The molecule has 0 bridgehead atoms. The summed E-state index contributed by atoms with van der Waals surface area (Å²) in [5.74, 6) is 0.277. The number of rotatable bonds is 3. The third kappa shape index (κ3) is 4.60. The lowest BCUT2D eigenvalue weighted by Crippen LogP contribution is -2.48. The second kappa shape index (κ2) is 8.60. The van der Waals surface area contributed by atoms with Gasteiger partial charge in [0.05, 0.1) is 16.1 Å². The van der Waals surface area contributed by atoms with E-state index >= 15 is 0 Å². The molecule has 0 unspecified atom stereocenters. The topological polar surface area (TPSA) is 69.7 Å². The van der Waals surface area contributed by atoms with Crippen molar-refractivity contribution in [1.82, 2.24) is 4.31 Å². The summed E-state index contributed by atoms with van der Waals surface area (Å²) in [6.45, 7) is 2.66. The summed E-state index contributed by atoms with van der Waals surface area (Å²) >= 11 is 1.50. The Labute approximate surface area is 188 Å². The van der Waals surface area contributed by atoms with E-state index in [1.54, 1.807) is 17.0 Å². The first-order chi connectivity index (χ1) is 15.1. The largest absolute Gasteiger partial charge is 0.416 e. The Bertz CT molecular complexity index is 1130. The lowest BCUT2D eigenvalue weighted by Gasteiger charge is -2.35. The Morgan fingerprint density at radius 1 is 1.06 bits per heavy atom. The van der Waals surface area contributed by atoms with E-state index in [1.807, 2.05) is 6.92 Å². The number of hydrogen-bond acceptors (Lipinski definition) is 5. The van der Waals surface area contributed by atoms with Gasteiger partial charge in [-0.05, 0) is 36.4 Å². The van der Waals surface area contributed by atoms with E-state index in [9.17, 15) is 26.4 Å². The number of halogens is 3. The molecule has 2 aromatic rings. The first-order valence-corrected chi connectivity index (χ1v) is 12.5. The lowest BCUT2D eigenvalue weighted by molar-refractivity contribution is -0.137. The molecular weight excluding hydrogens is 463 g/mol. The average molecular weight is 486 g/mol. The van der Waals surface area contributed by atoms with Crippen LogP contribution in [0.15, 0.2) is 52.3 Å². The third-order valence-corrected chi connectivity index (χ3v) is 8.79. The molecule has 32 heavy (non-hydrogen) atoms. The van der Waals surface area contributed by atoms with Gasteiger partial charge in [0.2, 0.25) is 15.9 Å². The van der Waals surface area contributed by atoms with Crippen LogP contribution in [-0.4, -0.2) is 50.6 Å². The van der Waals surface area contributed by atoms with Crippen molar-refractivity contribution in [2.45, 2.75) is 22.9 Å². The van der Waals surface area contributed by atoms with Crippen LogP contribution in [0.1, 0.15) is 12.5 Å². The van der Waals surface area contributed by atoms with Crippen LogP contribution in [0.3, 0.4) is 0 Å². The number of thioether (sulfide) groups is 1. The number of alkyl halides is 3. The highest BCUT2D eigenvalue weighted by Crippen LogP contribution is 2.35. The van der Waals surface area contributed by atoms with Crippen LogP contribution in [0.2, 0.25) is 0 Å². The fourth-order valence-corrected chi connectivity index (χ4v) is 6.11. The first kappa shape index (κ1) is 22.9. The number of amides is 1. The zero-order valence-corrected chi connectivity index (χ0v) is 18.9. The van der Waals surface area contributed by atoms with Crippen LogP contribution in [-0.2, 0) is 21.0 Å². The molecule has 4 rings (SSSR count). The summed E-state index contributed by atoms with van der Waals surface area (Å²) in [6, 6.07) is 9.75. The van der Waals surface area contributed by atoms with Crippen LogP contribution in [0, 0.1) is 5.92 Å². The van der Waals surface area contributed by atoms with Gasteiger partial charge in [-0.15, -0.1) is 11.8 Å². The highest BCUT2D eigenvalue weighted by molar-refractivity contribution is 7.99. The predicted octanol–water partition coefficient (Wildman–Crippen LogP) is 3.90. The molecule has 1 fully saturated rings. The highest BCUT2D eigenvalue weighted by Gasteiger charge is 2.33. The van der Waals surface area contributed by atoms with Gasteiger partial charge in [-0.1, -0.05) is 13.0 Å². The average Bonchev–Trinajstić information content (AvgIpc) is 2.91. The van der Waals surface area contributed by atoms with Gasteiger partial charge < -0.3 is 10.2 Å². The number of piperazine rings is 1. The first-order valence-electron chi connectivity index (χ1n) is 10.1. The van der Waals surface area contributed by atoms with E-state index < -0.39 is 21.8 Å². The van der Waals surface area contributed by atoms with Gasteiger partial charge in [-0.2, -0.15) is 17.5 Å². The molecule has 2 aromatic carbocycles. The fraction of sp³-hybridized carbons (Fsp3) is 0.381. The standard InChI is InChI=1S/C21H22F3N3O3S2/c1-14-13-31-19-6-5-17(12-18(19)25-20(14)28)32(29,30)27-9-7-26(8-10-27)16-4-2-3-15(11-16)21(22,23)24/h2-6,11-12,14H,7-10,13H2,1H3,(H,25,28)/t14-/m0/s1.